The zero-order valence-electron chi connectivity index (χ0n) is 12.0. The summed E-state index contributed by atoms with van der Waals surface area (Å²) in [6, 6.07) is 3.76. The number of amides is 1. The second-order valence-electron chi connectivity index (χ2n) is 5.72. The van der Waals surface area contributed by atoms with Crippen LogP contribution < -0.4 is 11.1 Å². The minimum Gasteiger partial charge on any atom is -0.398 e. The Kier molecular flexibility index (Phi) is 4.46. The molecule has 0 heterocycles. The number of hydrogen-bond donors (Lipinski definition) is 2. The Balaban J connectivity index is 1.90. The first-order chi connectivity index (χ1) is 9.08. The van der Waals surface area contributed by atoms with Crippen molar-refractivity contribution in [1.82, 2.24) is 5.32 Å². The number of benzene rings is 1. The van der Waals surface area contributed by atoms with Crippen LogP contribution in [0.4, 0.5) is 5.69 Å². The number of anilines is 1. The van der Waals surface area contributed by atoms with E-state index in [1.165, 1.54) is 25.7 Å². The zero-order valence-corrected chi connectivity index (χ0v) is 12.0. The molecule has 3 heteroatoms. The fourth-order valence-electron chi connectivity index (χ4n) is 2.90. The molecule has 3 nitrogen and oxygen atoms in total. The molecule has 1 aliphatic rings. The number of aryl methyl sites for hydroxylation is 2. The number of carbonyl (C=O) groups is 1. The molecule has 1 aromatic carbocycles. The van der Waals surface area contributed by atoms with Crippen LogP contribution >= 0.6 is 0 Å². The molecule has 1 amide bonds. The molecule has 0 aliphatic heterocycles. The van der Waals surface area contributed by atoms with Crippen molar-refractivity contribution in [2.45, 2.75) is 46.0 Å². The van der Waals surface area contributed by atoms with Crippen LogP contribution in [0.5, 0.6) is 0 Å². The van der Waals surface area contributed by atoms with Crippen LogP contribution in [0.1, 0.15) is 53.6 Å². The van der Waals surface area contributed by atoms with Crippen LogP contribution in [-0.2, 0) is 0 Å². The number of nitrogens with two attached hydrogens (primary N) is 1. The van der Waals surface area contributed by atoms with Crippen LogP contribution in [-0.4, -0.2) is 12.5 Å². The summed E-state index contributed by atoms with van der Waals surface area (Å²) in [6.45, 7) is 4.69. The van der Waals surface area contributed by atoms with Gasteiger partial charge in [0.05, 0.1) is 0 Å². The van der Waals surface area contributed by atoms with E-state index in [1.807, 2.05) is 19.9 Å². The summed E-state index contributed by atoms with van der Waals surface area (Å²) in [4.78, 5) is 12.1. The van der Waals surface area contributed by atoms with Crippen LogP contribution in [0.3, 0.4) is 0 Å². The van der Waals surface area contributed by atoms with E-state index in [0.717, 1.165) is 30.0 Å². The zero-order chi connectivity index (χ0) is 13.8. The minimum atomic E-state index is 0.00203. The van der Waals surface area contributed by atoms with Gasteiger partial charge < -0.3 is 11.1 Å². The lowest BCUT2D eigenvalue weighted by Gasteiger charge is -2.12. The van der Waals surface area contributed by atoms with Gasteiger partial charge in [0.1, 0.15) is 0 Å². The van der Waals surface area contributed by atoms with Gasteiger partial charge in [-0.1, -0.05) is 31.7 Å². The van der Waals surface area contributed by atoms with Crippen molar-refractivity contribution in [2.75, 3.05) is 12.3 Å². The summed E-state index contributed by atoms with van der Waals surface area (Å²) in [7, 11) is 0. The molecule has 1 fully saturated rings. The van der Waals surface area contributed by atoms with Gasteiger partial charge in [-0.05, 0) is 43.4 Å². The van der Waals surface area contributed by atoms with Crippen molar-refractivity contribution in [3.8, 4) is 0 Å². The molecule has 0 spiro atoms. The normalized spacial score (nSPS) is 15.7. The number of hydrogen-bond acceptors (Lipinski definition) is 2. The summed E-state index contributed by atoms with van der Waals surface area (Å²) in [6.07, 6.45) is 6.46. The van der Waals surface area contributed by atoms with E-state index in [9.17, 15) is 4.79 Å². The lowest BCUT2D eigenvalue weighted by Crippen LogP contribution is -2.26. The Hall–Kier alpha value is -1.51. The van der Waals surface area contributed by atoms with E-state index < -0.39 is 0 Å². The van der Waals surface area contributed by atoms with Gasteiger partial charge in [-0.2, -0.15) is 0 Å². The highest BCUT2D eigenvalue weighted by Gasteiger charge is 2.15. The van der Waals surface area contributed by atoms with Gasteiger partial charge in [0.25, 0.3) is 5.91 Å². The van der Waals surface area contributed by atoms with Gasteiger partial charge in [0, 0.05) is 17.8 Å². The SMILES string of the molecule is Cc1cc(C)c(C(=O)NCCC2CCCC2)cc1N. The second kappa shape index (κ2) is 6.09. The van der Waals surface area contributed by atoms with E-state index in [2.05, 4.69) is 5.32 Å². The Morgan fingerprint density at radius 3 is 2.63 bits per heavy atom. The summed E-state index contributed by atoms with van der Waals surface area (Å²) in [5.41, 5.74) is 9.28. The summed E-state index contributed by atoms with van der Waals surface area (Å²) >= 11 is 0. The van der Waals surface area contributed by atoms with Crippen molar-refractivity contribution in [1.29, 1.82) is 0 Å². The lowest BCUT2D eigenvalue weighted by molar-refractivity contribution is 0.0951. The highest BCUT2D eigenvalue weighted by Crippen LogP contribution is 2.27. The molecular weight excluding hydrogens is 236 g/mol. The van der Waals surface area contributed by atoms with E-state index in [0.29, 0.717) is 11.3 Å². The van der Waals surface area contributed by atoms with Crippen molar-refractivity contribution >= 4 is 11.6 Å². The Morgan fingerprint density at radius 1 is 1.26 bits per heavy atom. The van der Waals surface area contributed by atoms with E-state index in [4.69, 9.17) is 5.73 Å². The molecule has 3 N–H and O–H groups in total. The number of nitrogen functional groups attached to an aromatic ring is 1. The Labute approximate surface area is 115 Å². The van der Waals surface area contributed by atoms with Gasteiger partial charge in [0.2, 0.25) is 0 Å². The van der Waals surface area contributed by atoms with Gasteiger partial charge in [0.15, 0.2) is 0 Å². The number of rotatable bonds is 4. The third-order valence-corrected chi connectivity index (χ3v) is 4.17. The fourth-order valence-corrected chi connectivity index (χ4v) is 2.90. The topological polar surface area (TPSA) is 55.1 Å². The second-order valence-corrected chi connectivity index (χ2v) is 5.72. The quantitative estimate of drug-likeness (QED) is 0.817. The van der Waals surface area contributed by atoms with E-state index >= 15 is 0 Å². The minimum absolute atomic E-state index is 0.00203. The molecule has 2 rings (SSSR count). The Morgan fingerprint density at radius 2 is 1.95 bits per heavy atom. The van der Waals surface area contributed by atoms with Crippen molar-refractivity contribution in [3.05, 3.63) is 28.8 Å². The molecule has 0 unspecified atom stereocenters. The largest absolute Gasteiger partial charge is 0.398 e. The van der Waals surface area contributed by atoms with Crippen molar-refractivity contribution in [2.24, 2.45) is 5.92 Å². The van der Waals surface area contributed by atoms with Gasteiger partial charge >= 0.3 is 0 Å². The first kappa shape index (κ1) is 13.9. The molecule has 104 valence electrons. The fraction of sp³-hybridized carbons (Fsp3) is 0.562. The third kappa shape index (κ3) is 3.49. The molecule has 0 radical (unpaired) electrons. The molecular formula is C16H24N2O. The molecule has 0 atom stereocenters. The summed E-state index contributed by atoms with van der Waals surface area (Å²) in [5, 5.41) is 3.02. The summed E-state index contributed by atoms with van der Waals surface area (Å²) < 4.78 is 0. The highest BCUT2D eigenvalue weighted by atomic mass is 16.1. The maximum Gasteiger partial charge on any atom is 0.251 e. The summed E-state index contributed by atoms with van der Waals surface area (Å²) in [5.74, 6) is 0.812. The first-order valence-corrected chi connectivity index (χ1v) is 7.23. The molecule has 19 heavy (non-hydrogen) atoms. The number of nitrogens with one attached hydrogen (secondary N) is 1. The first-order valence-electron chi connectivity index (χ1n) is 7.23. The van der Waals surface area contributed by atoms with Crippen LogP contribution in [0.2, 0.25) is 0 Å². The molecule has 1 saturated carbocycles. The van der Waals surface area contributed by atoms with Crippen LogP contribution in [0.25, 0.3) is 0 Å². The molecule has 0 aromatic heterocycles. The van der Waals surface area contributed by atoms with E-state index in [1.54, 1.807) is 6.07 Å². The highest BCUT2D eigenvalue weighted by molar-refractivity contribution is 5.96. The maximum atomic E-state index is 12.1. The smallest absolute Gasteiger partial charge is 0.251 e. The predicted molar refractivity (Wildman–Crippen MR) is 79.2 cm³/mol. The van der Waals surface area contributed by atoms with Gasteiger partial charge in [-0.15, -0.1) is 0 Å². The van der Waals surface area contributed by atoms with Crippen LogP contribution in [0, 0.1) is 19.8 Å². The molecule has 0 bridgehead atoms. The monoisotopic (exact) mass is 260 g/mol. The van der Waals surface area contributed by atoms with Crippen molar-refractivity contribution < 1.29 is 4.79 Å². The average molecular weight is 260 g/mol. The van der Waals surface area contributed by atoms with Gasteiger partial charge in [-0.25, -0.2) is 0 Å². The molecule has 1 aromatic rings. The van der Waals surface area contributed by atoms with E-state index in [-0.39, 0.29) is 5.91 Å². The maximum absolute atomic E-state index is 12.1. The third-order valence-electron chi connectivity index (χ3n) is 4.17. The lowest BCUT2D eigenvalue weighted by atomic mass is 10.0. The standard InChI is InChI=1S/C16H24N2O/c1-11-9-12(2)15(17)10-14(11)16(19)18-8-7-13-5-3-4-6-13/h9-10,13H,3-8,17H2,1-2H3,(H,18,19). The average Bonchev–Trinajstić information content (AvgIpc) is 2.86. The van der Waals surface area contributed by atoms with Gasteiger partial charge in [-0.3, -0.25) is 4.79 Å². The Bertz CT molecular complexity index is 462. The predicted octanol–water partition coefficient (Wildman–Crippen LogP) is 3.20. The molecule has 0 saturated heterocycles. The van der Waals surface area contributed by atoms with Crippen LogP contribution in [0.15, 0.2) is 12.1 Å². The van der Waals surface area contributed by atoms with Crippen molar-refractivity contribution in [3.63, 3.8) is 0 Å². The number of carbonyl (C=O) groups excluding carboxylic acids is 1. The molecule has 1 aliphatic carbocycles.